The molecule has 4 aliphatic heterocycles. The van der Waals surface area contributed by atoms with E-state index in [-0.39, 0.29) is 35.0 Å². The van der Waals surface area contributed by atoms with Gasteiger partial charge in [-0.2, -0.15) is 0 Å². The third-order valence-corrected chi connectivity index (χ3v) is 16.8. The second-order valence-electron chi connectivity index (χ2n) is 19.9. The van der Waals surface area contributed by atoms with Gasteiger partial charge < -0.3 is 20.9 Å². The van der Waals surface area contributed by atoms with Crippen LogP contribution in [0.5, 0.6) is 0 Å². The van der Waals surface area contributed by atoms with Gasteiger partial charge in [-0.25, -0.2) is 9.18 Å². The highest BCUT2D eigenvalue weighted by molar-refractivity contribution is 6.31. The lowest BCUT2D eigenvalue weighted by Gasteiger charge is -2.47. The van der Waals surface area contributed by atoms with E-state index in [1.54, 1.807) is 28.3 Å². The highest BCUT2D eigenvalue weighted by atomic mass is 35.5. The molecule has 5 heterocycles. The second kappa shape index (κ2) is 18.1. The number of allylic oxidation sites excluding steroid dienone is 1. The predicted octanol–water partition coefficient (Wildman–Crippen LogP) is 8.23. The molecule has 3 aromatic carbocycles. The van der Waals surface area contributed by atoms with Gasteiger partial charge in [0.1, 0.15) is 17.3 Å². The van der Waals surface area contributed by atoms with Gasteiger partial charge in [0.15, 0.2) is 0 Å². The van der Waals surface area contributed by atoms with E-state index in [2.05, 4.69) is 38.3 Å². The van der Waals surface area contributed by atoms with Crippen LogP contribution in [0.1, 0.15) is 112 Å². The smallest absolute Gasteiger partial charge is 0.325 e. The molecule has 1 unspecified atom stereocenters. The lowest BCUT2D eigenvalue weighted by molar-refractivity contribution is -0.135. The molecular formula is C51H60Cl2FN7O4. The zero-order valence-corrected chi connectivity index (χ0v) is 38.7. The molecule has 3 saturated heterocycles. The van der Waals surface area contributed by atoms with E-state index in [0.29, 0.717) is 46.8 Å². The van der Waals surface area contributed by atoms with Crippen LogP contribution < -0.4 is 27.0 Å². The Morgan fingerprint density at radius 2 is 1.62 bits per heavy atom. The minimum atomic E-state index is -1.02. The number of nitrogens with one attached hydrogen (secondary N) is 4. The Balaban J connectivity index is 0.748. The van der Waals surface area contributed by atoms with Crippen LogP contribution in [0.15, 0.2) is 65.5 Å². The van der Waals surface area contributed by atoms with Gasteiger partial charge >= 0.3 is 5.69 Å². The molecule has 2 saturated carbocycles. The van der Waals surface area contributed by atoms with Gasteiger partial charge in [-0.05, 0) is 131 Å². The number of benzene rings is 3. The number of aromatic nitrogens is 2. The largest absolute Gasteiger partial charge is 0.329 e. The summed E-state index contributed by atoms with van der Waals surface area (Å²) in [6, 6.07) is 15.8. The van der Waals surface area contributed by atoms with E-state index in [4.69, 9.17) is 23.2 Å². The molecule has 2 aliphatic carbocycles. The molecule has 65 heavy (non-hydrogen) atoms. The first-order valence-corrected chi connectivity index (χ1v) is 24.7. The standard InChI is InChI=1S/C51H60Cl2FN7O4/c1-59-46-34(7-5-10-41(46)61(49(59)65)42-19-20-43(62)57-47(42)63)16-15-31-21-25-60(26-22-31)30-33-13-11-32(12-14-33)28-55-29-40-44(36-8-6-9-38(53)45(36)54)51(50(58-40)23-3-2-4-24-50)37-18-17-35(52)27-39(37)56-48(51)64/h5-10,15-18,27,31-33,40,42,44,55,58H,2-4,11-14,19-26,28-30H2,1H3,(H,56,64)(H,57,62,63)/b16-15+/t32-,33-,40-,42?,44-,51+/m0/s1. The average molecular weight is 925 g/mol. The van der Waals surface area contributed by atoms with Gasteiger partial charge in [0, 0.05) is 60.3 Å². The van der Waals surface area contributed by atoms with E-state index in [1.807, 2.05) is 42.5 Å². The van der Waals surface area contributed by atoms with Crippen molar-refractivity contribution in [3.63, 3.8) is 0 Å². The number of aryl methyl sites for hydroxylation is 1. The molecule has 4 N–H and O–H groups in total. The van der Waals surface area contributed by atoms with Crippen LogP contribution in [0.25, 0.3) is 17.1 Å². The molecule has 1 aromatic heterocycles. The molecule has 3 amide bonds. The Morgan fingerprint density at radius 3 is 2.38 bits per heavy atom. The van der Waals surface area contributed by atoms with Crippen molar-refractivity contribution in [3.8, 4) is 0 Å². The molecule has 5 fully saturated rings. The van der Waals surface area contributed by atoms with Crippen molar-refractivity contribution in [1.82, 2.24) is 30.0 Å². The minimum absolute atomic E-state index is 0.0724. The van der Waals surface area contributed by atoms with Crippen LogP contribution in [0.2, 0.25) is 10.0 Å². The van der Waals surface area contributed by atoms with Crippen LogP contribution in [-0.2, 0) is 26.8 Å². The number of carbonyl (C=O) groups is 3. The Kier molecular flexibility index (Phi) is 12.4. The summed E-state index contributed by atoms with van der Waals surface area (Å²) in [4.78, 5) is 55.2. The number of fused-ring (bicyclic) bond motifs is 4. The van der Waals surface area contributed by atoms with Crippen molar-refractivity contribution in [2.75, 3.05) is 38.0 Å². The van der Waals surface area contributed by atoms with Crippen LogP contribution >= 0.6 is 23.2 Å². The van der Waals surface area contributed by atoms with Crippen LogP contribution in [0.3, 0.4) is 0 Å². The quantitative estimate of drug-likeness (QED) is 0.118. The first-order valence-electron chi connectivity index (χ1n) is 24.0. The normalized spacial score (nSPS) is 28.4. The maximum Gasteiger partial charge on any atom is 0.329 e. The molecule has 4 aromatic rings. The number of imide groups is 1. The summed E-state index contributed by atoms with van der Waals surface area (Å²) in [5, 5.41) is 14.1. The molecule has 0 bridgehead atoms. The molecule has 11 nitrogen and oxygen atoms in total. The van der Waals surface area contributed by atoms with Gasteiger partial charge in [-0.3, -0.25) is 28.8 Å². The van der Waals surface area contributed by atoms with E-state index in [1.165, 1.54) is 25.7 Å². The van der Waals surface area contributed by atoms with Gasteiger partial charge in [0.25, 0.3) is 0 Å². The predicted molar refractivity (Wildman–Crippen MR) is 254 cm³/mol. The Bertz CT molecular complexity index is 2590. The lowest BCUT2D eigenvalue weighted by Crippen LogP contribution is -2.60. The Labute approximate surface area is 389 Å². The fraction of sp³-hybridized carbons (Fsp3) is 0.529. The van der Waals surface area contributed by atoms with Crippen molar-refractivity contribution in [1.29, 1.82) is 0 Å². The number of imidazole rings is 1. The van der Waals surface area contributed by atoms with Crippen molar-refractivity contribution in [2.45, 2.75) is 112 Å². The third kappa shape index (κ3) is 7.88. The molecule has 6 aliphatic rings. The summed E-state index contributed by atoms with van der Waals surface area (Å²) >= 11 is 12.9. The van der Waals surface area contributed by atoms with E-state index >= 15 is 4.39 Å². The fourth-order valence-electron chi connectivity index (χ4n) is 13.1. The Morgan fingerprint density at radius 1 is 0.862 bits per heavy atom. The number of anilines is 1. The van der Waals surface area contributed by atoms with Crippen molar-refractivity contribution >= 4 is 63.7 Å². The topological polar surface area (TPSA) is 130 Å². The average Bonchev–Trinajstić information content (AvgIpc) is 3.85. The lowest BCUT2D eigenvalue weighted by atomic mass is 9.55. The number of hydrogen-bond donors (Lipinski definition) is 4. The number of likely N-dealkylation sites (tertiary alicyclic amines) is 1. The van der Waals surface area contributed by atoms with E-state index < -0.39 is 34.6 Å². The number of rotatable bonds is 10. The maximum atomic E-state index is 16.3. The summed E-state index contributed by atoms with van der Waals surface area (Å²) in [5.41, 5.74) is 2.75. The summed E-state index contributed by atoms with van der Waals surface area (Å²) < 4.78 is 19.5. The fourth-order valence-corrected chi connectivity index (χ4v) is 13.5. The van der Waals surface area contributed by atoms with Gasteiger partial charge in [0.05, 0.1) is 16.1 Å². The second-order valence-corrected chi connectivity index (χ2v) is 20.7. The molecule has 4 atom stereocenters. The number of amides is 3. The van der Waals surface area contributed by atoms with Crippen molar-refractivity contribution in [3.05, 3.63) is 104 Å². The van der Waals surface area contributed by atoms with Gasteiger partial charge in [-0.15, -0.1) is 0 Å². The Hall–Kier alpha value is -4.33. The number of piperidine rings is 2. The highest BCUT2D eigenvalue weighted by Gasteiger charge is 2.71. The number of hydrogen-bond acceptors (Lipinski definition) is 7. The number of para-hydroxylation sites is 1. The highest BCUT2D eigenvalue weighted by Crippen LogP contribution is 2.62. The van der Waals surface area contributed by atoms with Crippen molar-refractivity contribution in [2.24, 2.45) is 24.8 Å². The SMILES string of the molecule is Cn1c(=O)n(C2CCC(=O)NC2=O)c2cccc(/C=C/C3CCN(C[C@H]4CC[C@H](CNC[C@@H]5NC6(CCCCC6)[C@@]6(C(=O)Nc7cc(Cl)ccc76)[C@H]5c5cccc(Cl)c5F)CC4)CC3)c21. The van der Waals surface area contributed by atoms with Crippen LogP contribution in [-0.4, -0.2) is 76.1 Å². The zero-order valence-electron chi connectivity index (χ0n) is 37.2. The molecule has 0 radical (unpaired) electrons. The van der Waals surface area contributed by atoms with E-state index in [0.717, 1.165) is 93.5 Å². The first-order chi connectivity index (χ1) is 31.5. The van der Waals surface area contributed by atoms with E-state index in [9.17, 15) is 19.2 Å². The van der Waals surface area contributed by atoms with Crippen molar-refractivity contribution < 1.29 is 18.8 Å². The molecule has 2 spiro atoms. The summed E-state index contributed by atoms with van der Waals surface area (Å²) in [7, 11) is 1.75. The first kappa shape index (κ1) is 44.5. The maximum absolute atomic E-state index is 16.3. The van der Waals surface area contributed by atoms with Gasteiger partial charge in [0.2, 0.25) is 17.7 Å². The number of halogens is 3. The molecule has 10 rings (SSSR count). The monoisotopic (exact) mass is 923 g/mol. The molecular weight excluding hydrogens is 865 g/mol. The van der Waals surface area contributed by atoms with Gasteiger partial charge in [-0.1, -0.05) is 84.9 Å². The summed E-state index contributed by atoms with van der Waals surface area (Å²) in [6.07, 6.45) is 16.7. The molecule has 14 heteroatoms. The molecule has 344 valence electrons. The van der Waals surface area contributed by atoms with Crippen LogP contribution in [0, 0.1) is 23.6 Å². The van der Waals surface area contributed by atoms with Crippen LogP contribution in [0.4, 0.5) is 10.1 Å². The minimum Gasteiger partial charge on any atom is -0.325 e. The third-order valence-electron chi connectivity index (χ3n) is 16.2. The summed E-state index contributed by atoms with van der Waals surface area (Å²) in [5.74, 6) is -0.0504. The summed E-state index contributed by atoms with van der Waals surface area (Å²) in [6.45, 7) is 4.75. The zero-order chi connectivity index (χ0) is 45.0. The number of nitrogens with zero attached hydrogens (tertiary/aromatic N) is 3. The number of carbonyl (C=O) groups excluding carboxylic acids is 3.